The van der Waals surface area contributed by atoms with E-state index in [9.17, 15) is 5.11 Å². The van der Waals surface area contributed by atoms with Gasteiger partial charge in [-0.05, 0) is 41.4 Å². The molecular weight excluding hydrogens is 282 g/mol. The van der Waals surface area contributed by atoms with Gasteiger partial charge in [0.25, 0.3) is 0 Å². The van der Waals surface area contributed by atoms with E-state index in [4.69, 9.17) is 0 Å². The van der Waals surface area contributed by atoms with E-state index < -0.39 is 0 Å². The Balaban J connectivity index is 2.25. The molecule has 4 nitrogen and oxygen atoms in total. The molecule has 0 spiro atoms. The van der Waals surface area contributed by atoms with Crippen molar-refractivity contribution in [3.63, 3.8) is 0 Å². The van der Waals surface area contributed by atoms with Crippen LogP contribution in [0.5, 0.6) is 5.75 Å². The van der Waals surface area contributed by atoms with Gasteiger partial charge in [-0.15, -0.1) is 0 Å². The minimum absolute atomic E-state index is 0.199. The van der Waals surface area contributed by atoms with Crippen molar-refractivity contribution < 1.29 is 5.11 Å². The van der Waals surface area contributed by atoms with Crippen molar-refractivity contribution in [3.8, 4) is 5.75 Å². The molecular formula is C12H12BrN3O. The van der Waals surface area contributed by atoms with Crippen LogP contribution in [0.2, 0.25) is 0 Å². The summed E-state index contributed by atoms with van der Waals surface area (Å²) in [6.45, 7) is 1.02. The predicted octanol–water partition coefficient (Wildman–Crippen LogP) is 2.52. The van der Waals surface area contributed by atoms with Crippen LogP contribution in [0.25, 0.3) is 10.9 Å². The number of para-hydroxylation sites is 1. The van der Waals surface area contributed by atoms with E-state index in [0.717, 1.165) is 30.5 Å². The van der Waals surface area contributed by atoms with E-state index in [-0.39, 0.29) is 11.8 Å². The van der Waals surface area contributed by atoms with Gasteiger partial charge in [-0.1, -0.05) is 12.1 Å². The second-order valence-electron chi connectivity index (χ2n) is 4.20. The summed E-state index contributed by atoms with van der Waals surface area (Å²) in [5.41, 5.74) is 1.58. The zero-order valence-corrected chi connectivity index (χ0v) is 10.7. The maximum atomic E-state index is 9.83. The van der Waals surface area contributed by atoms with Gasteiger partial charge in [-0.3, -0.25) is 0 Å². The van der Waals surface area contributed by atoms with E-state index >= 15 is 0 Å². The van der Waals surface area contributed by atoms with Gasteiger partial charge in [-0.2, -0.15) is 0 Å². The first kappa shape index (κ1) is 10.9. The number of rotatable bonds is 1. The van der Waals surface area contributed by atoms with Crippen molar-refractivity contribution in [1.29, 1.82) is 0 Å². The Morgan fingerprint density at radius 3 is 3.00 bits per heavy atom. The lowest BCUT2D eigenvalue weighted by Gasteiger charge is -2.13. The van der Waals surface area contributed by atoms with Crippen LogP contribution in [0.3, 0.4) is 0 Å². The Bertz CT molecular complexity index is 567. The lowest BCUT2D eigenvalue weighted by Crippen LogP contribution is -2.15. The number of aromatic nitrogens is 2. The van der Waals surface area contributed by atoms with Gasteiger partial charge in [0.1, 0.15) is 11.3 Å². The molecule has 5 heteroatoms. The summed E-state index contributed by atoms with van der Waals surface area (Å²) >= 11 is 3.30. The zero-order valence-electron chi connectivity index (χ0n) is 9.15. The van der Waals surface area contributed by atoms with Crippen molar-refractivity contribution in [2.24, 2.45) is 0 Å². The third kappa shape index (κ3) is 1.89. The highest BCUT2D eigenvalue weighted by atomic mass is 79.9. The molecule has 0 aliphatic carbocycles. The molecule has 0 amide bonds. The van der Waals surface area contributed by atoms with Crippen LogP contribution in [0.15, 0.2) is 22.9 Å². The fourth-order valence-corrected chi connectivity index (χ4v) is 2.68. The first-order chi connectivity index (χ1) is 8.25. The molecule has 1 aromatic heterocycles. The molecule has 1 aliphatic heterocycles. The summed E-state index contributed by atoms with van der Waals surface area (Å²) in [6, 6.07) is 5.69. The number of halogens is 1. The minimum Gasteiger partial charge on any atom is -0.506 e. The van der Waals surface area contributed by atoms with E-state index in [1.807, 2.05) is 12.1 Å². The van der Waals surface area contributed by atoms with Crippen LogP contribution in [-0.2, 0) is 0 Å². The number of phenols is 1. The Labute approximate surface area is 107 Å². The quantitative estimate of drug-likeness (QED) is 0.794. The average molecular weight is 294 g/mol. The Morgan fingerprint density at radius 1 is 1.35 bits per heavy atom. The number of fused-ring (bicyclic) bond motifs is 1. The first-order valence-corrected chi connectivity index (χ1v) is 6.43. The number of nitrogens with one attached hydrogen (secondary N) is 1. The highest BCUT2D eigenvalue weighted by molar-refractivity contribution is 9.10. The molecule has 0 bridgehead atoms. The van der Waals surface area contributed by atoms with Crippen molar-refractivity contribution in [2.75, 3.05) is 6.54 Å². The average Bonchev–Trinajstić information content (AvgIpc) is 2.83. The monoisotopic (exact) mass is 293 g/mol. The van der Waals surface area contributed by atoms with E-state index in [0.29, 0.717) is 10.3 Å². The highest BCUT2D eigenvalue weighted by Gasteiger charge is 2.21. The summed E-state index contributed by atoms with van der Waals surface area (Å²) < 4.78 is 0.523. The minimum atomic E-state index is 0.199. The number of nitrogens with zero attached hydrogens (tertiary/aromatic N) is 2. The van der Waals surface area contributed by atoms with Crippen LogP contribution in [0.4, 0.5) is 0 Å². The van der Waals surface area contributed by atoms with Crippen LogP contribution < -0.4 is 5.32 Å². The second kappa shape index (κ2) is 4.23. The number of phenolic OH excluding ortho intramolecular Hbond substituents is 1. The molecule has 0 radical (unpaired) electrons. The first-order valence-electron chi connectivity index (χ1n) is 5.64. The molecule has 2 aromatic rings. The largest absolute Gasteiger partial charge is 0.506 e. The van der Waals surface area contributed by atoms with Crippen LogP contribution in [-0.4, -0.2) is 21.6 Å². The normalized spacial score (nSPS) is 19.9. The SMILES string of the molecule is Oc1cccc2c(C3CCCN3)nc(Br)nc12. The summed E-state index contributed by atoms with van der Waals surface area (Å²) in [7, 11) is 0. The van der Waals surface area contributed by atoms with Gasteiger partial charge in [0.15, 0.2) is 4.73 Å². The smallest absolute Gasteiger partial charge is 0.197 e. The summed E-state index contributed by atoms with van der Waals surface area (Å²) in [4.78, 5) is 8.69. The van der Waals surface area contributed by atoms with Crippen molar-refractivity contribution in [2.45, 2.75) is 18.9 Å². The lowest BCUT2D eigenvalue weighted by atomic mass is 10.1. The third-order valence-corrected chi connectivity index (χ3v) is 3.45. The molecule has 17 heavy (non-hydrogen) atoms. The number of aromatic hydroxyl groups is 1. The fraction of sp³-hybridized carbons (Fsp3) is 0.333. The van der Waals surface area contributed by atoms with Crippen molar-refractivity contribution in [1.82, 2.24) is 15.3 Å². The molecule has 1 aliphatic rings. The molecule has 1 atom stereocenters. The standard InChI is InChI=1S/C12H12BrN3O/c13-12-15-10(8-4-2-6-14-8)7-3-1-5-9(17)11(7)16-12/h1,3,5,8,14,17H,2,4,6H2. The number of hydrogen-bond acceptors (Lipinski definition) is 4. The number of hydrogen-bond donors (Lipinski definition) is 2. The van der Waals surface area contributed by atoms with E-state index in [1.54, 1.807) is 6.07 Å². The maximum Gasteiger partial charge on any atom is 0.197 e. The predicted molar refractivity (Wildman–Crippen MR) is 68.9 cm³/mol. The topological polar surface area (TPSA) is 58.0 Å². The summed E-state index contributed by atoms with van der Waals surface area (Å²) in [5.74, 6) is 0.199. The molecule has 0 saturated carbocycles. The lowest BCUT2D eigenvalue weighted by molar-refractivity contribution is 0.480. The van der Waals surface area contributed by atoms with Gasteiger partial charge in [-0.25, -0.2) is 9.97 Å². The maximum absolute atomic E-state index is 9.83. The van der Waals surface area contributed by atoms with Crippen LogP contribution in [0.1, 0.15) is 24.6 Å². The van der Waals surface area contributed by atoms with Gasteiger partial charge in [0.05, 0.1) is 11.7 Å². The third-order valence-electron chi connectivity index (χ3n) is 3.10. The van der Waals surface area contributed by atoms with Crippen molar-refractivity contribution >= 4 is 26.8 Å². The molecule has 2 heterocycles. The molecule has 3 rings (SSSR count). The highest BCUT2D eigenvalue weighted by Crippen LogP contribution is 2.31. The summed E-state index contributed by atoms with van der Waals surface area (Å²) in [6.07, 6.45) is 2.24. The van der Waals surface area contributed by atoms with E-state index in [2.05, 4.69) is 31.2 Å². The zero-order chi connectivity index (χ0) is 11.8. The Kier molecular flexibility index (Phi) is 2.72. The fourth-order valence-electron chi connectivity index (χ4n) is 2.32. The van der Waals surface area contributed by atoms with Gasteiger partial charge < -0.3 is 10.4 Å². The van der Waals surface area contributed by atoms with Gasteiger partial charge >= 0.3 is 0 Å². The van der Waals surface area contributed by atoms with E-state index in [1.165, 1.54) is 0 Å². The molecule has 1 unspecified atom stereocenters. The van der Waals surface area contributed by atoms with Crippen LogP contribution in [0, 0.1) is 0 Å². The summed E-state index contributed by atoms with van der Waals surface area (Å²) in [5, 5.41) is 14.2. The van der Waals surface area contributed by atoms with Gasteiger partial charge in [0.2, 0.25) is 0 Å². The van der Waals surface area contributed by atoms with Crippen molar-refractivity contribution in [3.05, 3.63) is 28.6 Å². The van der Waals surface area contributed by atoms with Crippen LogP contribution >= 0.6 is 15.9 Å². The molecule has 1 fully saturated rings. The molecule has 2 N–H and O–H groups in total. The second-order valence-corrected chi connectivity index (χ2v) is 4.91. The Morgan fingerprint density at radius 2 is 2.24 bits per heavy atom. The number of benzene rings is 1. The molecule has 1 aromatic carbocycles. The Hall–Kier alpha value is -1.20. The van der Waals surface area contributed by atoms with Gasteiger partial charge in [0, 0.05) is 5.39 Å². The molecule has 1 saturated heterocycles. The molecule has 88 valence electrons.